The van der Waals surface area contributed by atoms with Crippen molar-refractivity contribution >= 4 is 5.97 Å². The molecule has 0 aromatic heterocycles. The average molecular weight is 183 g/mol. The van der Waals surface area contributed by atoms with Crippen molar-refractivity contribution in [3.63, 3.8) is 0 Å². The van der Waals surface area contributed by atoms with E-state index in [9.17, 15) is 4.79 Å². The van der Waals surface area contributed by atoms with Crippen LogP contribution in [0.5, 0.6) is 0 Å². The van der Waals surface area contributed by atoms with Gasteiger partial charge in [0.2, 0.25) is 0 Å². The van der Waals surface area contributed by atoms with E-state index >= 15 is 0 Å². The number of carboxylic acid groups (broad SMARTS) is 1. The Morgan fingerprint density at radius 1 is 1.62 bits per heavy atom. The maximum Gasteiger partial charge on any atom is 0.330 e. The molecule has 3 heteroatoms. The van der Waals surface area contributed by atoms with Gasteiger partial charge in [-0.1, -0.05) is 26.0 Å². The summed E-state index contributed by atoms with van der Waals surface area (Å²) in [6, 6.07) is 0. The van der Waals surface area contributed by atoms with Gasteiger partial charge >= 0.3 is 5.97 Å². The Hall–Kier alpha value is -1.25. The maximum atomic E-state index is 10.2. The number of nitrogens with two attached hydrogens (primary N) is 1. The third kappa shape index (κ3) is 7.12. The van der Waals surface area contributed by atoms with Crippen LogP contribution in [0.2, 0.25) is 0 Å². The van der Waals surface area contributed by atoms with Crippen LogP contribution in [0.25, 0.3) is 0 Å². The first-order chi connectivity index (χ1) is 6.06. The molecule has 74 valence electrons. The van der Waals surface area contributed by atoms with E-state index in [1.165, 1.54) is 0 Å². The SMILES string of the molecule is CC/C=C/[C@@H](C)C/C(N)=C/C(=O)O. The molecule has 0 bridgehead atoms. The molecule has 0 aliphatic heterocycles. The standard InChI is InChI=1S/C10H17NO2/c1-3-4-5-8(2)6-9(11)7-10(12)13/h4-5,7-8H,3,6,11H2,1-2H3,(H,12,13)/b5-4+,9-7-/t8-/m1/s1. The summed E-state index contributed by atoms with van der Waals surface area (Å²) in [6.07, 6.45) is 6.74. The monoisotopic (exact) mass is 183 g/mol. The fourth-order valence-electron chi connectivity index (χ4n) is 1.03. The van der Waals surface area contributed by atoms with E-state index in [0.717, 1.165) is 12.5 Å². The molecular weight excluding hydrogens is 166 g/mol. The van der Waals surface area contributed by atoms with Gasteiger partial charge in [-0.3, -0.25) is 0 Å². The van der Waals surface area contributed by atoms with Crippen molar-refractivity contribution < 1.29 is 9.90 Å². The number of aliphatic carboxylic acids is 1. The molecular formula is C10H17NO2. The van der Waals surface area contributed by atoms with Gasteiger partial charge in [0, 0.05) is 11.8 Å². The lowest BCUT2D eigenvalue weighted by atomic mass is 10.0. The Morgan fingerprint density at radius 3 is 2.69 bits per heavy atom. The van der Waals surface area contributed by atoms with E-state index in [0.29, 0.717) is 18.0 Å². The quantitative estimate of drug-likeness (QED) is 0.505. The fourth-order valence-corrected chi connectivity index (χ4v) is 1.03. The molecule has 0 aromatic carbocycles. The topological polar surface area (TPSA) is 63.3 Å². The molecule has 0 aliphatic carbocycles. The van der Waals surface area contributed by atoms with Crippen LogP contribution < -0.4 is 5.73 Å². The highest BCUT2D eigenvalue weighted by Gasteiger charge is 2.00. The maximum absolute atomic E-state index is 10.2. The summed E-state index contributed by atoms with van der Waals surface area (Å²) in [6.45, 7) is 4.06. The summed E-state index contributed by atoms with van der Waals surface area (Å²) < 4.78 is 0. The largest absolute Gasteiger partial charge is 0.478 e. The third-order valence-corrected chi connectivity index (χ3v) is 1.57. The van der Waals surface area contributed by atoms with E-state index in [-0.39, 0.29) is 0 Å². The second-order valence-electron chi connectivity index (χ2n) is 3.08. The van der Waals surface area contributed by atoms with Gasteiger partial charge in [-0.25, -0.2) is 4.79 Å². The molecule has 0 saturated carbocycles. The normalized spacial score (nSPS) is 14.8. The van der Waals surface area contributed by atoms with Crippen LogP contribution in [-0.2, 0) is 4.79 Å². The van der Waals surface area contributed by atoms with Crippen LogP contribution >= 0.6 is 0 Å². The van der Waals surface area contributed by atoms with Crippen molar-refractivity contribution in [2.24, 2.45) is 11.7 Å². The van der Waals surface area contributed by atoms with Crippen molar-refractivity contribution in [3.05, 3.63) is 23.9 Å². The Morgan fingerprint density at radius 2 is 2.23 bits per heavy atom. The van der Waals surface area contributed by atoms with Gasteiger partial charge in [-0.05, 0) is 18.8 Å². The van der Waals surface area contributed by atoms with Crippen LogP contribution in [0.3, 0.4) is 0 Å². The predicted molar refractivity (Wildman–Crippen MR) is 53.1 cm³/mol. The second kappa shape index (κ2) is 6.29. The van der Waals surface area contributed by atoms with E-state index in [1.54, 1.807) is 0 Å². The van der Waals surface area contributed by atoms with Crippen LogP contribution in [0.4, 0.5) is 0 Å². The molecule has 0 amide bonds. The highest BCUT2D eigenvalue weighted by atomic mass is 16.4. The zero-order valence-electron chi connectivity index (χ0n) is 8.16. The number of hydrogen-bond donors (Lipinski definition) is 2. The van der Waals surface area contributed by atoms with Crippen molar-refractivity contribution in [3.8, 4) is 0 Å². The molecule has 0 fully saturated rings. The molecule has 0 aliphatic rings. The Balaban J connectivity index is 3.98. The molecule has 0 rings (SSSR count). The molecule has 3 N–H and O–H groups in total. The van der Waals surface area contributed by atoms with Crippen LogP contribution in [0.1, 0.15) is 26.7 Å². The van der Waals surface area contributed by atoms with Gasteiger partial charge in [0.1, 0.15) is 0 Å². The van der Waals surface area contributed by atoms with E-state index in [2.05, 4.69) is 13.0 Å². The average Bonchev–Trinajstić information content (AvgIpc) is 1.98. The predicted octanol–water partition coefficient (Wildman–Crippen LogP) is 1.91. The summed E-state index contributed by atoms with van der Waals surface area (Å²) in [4.78, 5) is 10.2. The first kappa shape index (κ1) is 11.8. The van der Waals surface area contributed by atoms with Gasteiger partial charge in [0.05, 0.1) is 0 Å². The minimum Gasteiger partial charge on any atom is -0.478 e. The highest BCUT2D eigenvalue weighted by Crippen LogP contribution is 2.08. The minimum absolute atomic E-state index is 0.301. The van der Waals surface area contributed by atoms with Crippen molar-refractivity contribution in [1.82, 2.24) is 0 Å². The molecule has 0 spiro atoms. The zero-order valence-corrected chi connectivity index (χ0v) is 8.16. The molecule has 0 saturated heterocycles. The van der Waals surface area contributed by atoms with Crippen molar-refractivity contribution in [2.45, 2.75) is 26.7 Å². The summed E-state index contributed by atoms with van der Waals surface area (Å²) in [5.74, 6) is -0.681. The smallest absolute Gasteiger partial charge is 0.330 e. The fraction of sp³-hybridized carbons (Fsp3) is 0.500. The van der Waals surface area contributed by atoms with Crippen LogP contribution in [0, 0.1) is 5.92 Å². The van der Waals surface area contributed by atoms with Crippen LogP contribution in [-0.4, -0.2) is 11.1 Å². The molecule has 13 heavy (non-hydrogen) atoms. The van der Waals surface area contributed by atoms with Crippen LogP contribution in [0.15, 0.2) is 23.9 Å². The Labute approximate surface area is 78.9 Å². The Kier molecular flexibility index (Phi) is 5.68. The summed E-state index contributed by atoms with van der Waals surface area (Å²) in [5.41, 5.74) is 5.91. The number of rotatable bonds is 5. The molecule has 0 aromatic rings. The molecule has 0 unspecified atom stereocenters. The van der Waals surface area contributed by atoms with E-state index in [1.807, 2.05) is 13.0 Å². The van der Waals surface area contributed by atoms with Crippen molar-refractivity contribution in [2.75, 3.05) is 0 Å². The molecule has 0 radical (unpaired) electrons. The van der Waals surface area contributed by atoms with Gasteiger partial charge < -0.3 is 10.8 Å². The summed E-state index contributed by atoms with van der Waals surface area (Å²) in [7, 11) is 0. The third-order valence-electron chi connectivity index (χ3n) is 1.57. The van der Waals surface area contributed by atoms with Gasteiger partial charge in [-0.2, -0.15) is 0 Å². The first-order valence-electron chi connectivity index (χ1n) is 4.41. The molecule has 0 heterocycles. The van der Waals surface area contributed by atoms with Crippen molar-refractivity contribution in [1.29, 1.82) is 0 Å². The van der Waals surface area contributed by atoms with Gasteiger partial charge in [0.25, 0.3) is 0 Å². The lowest BCUT2D eigenvalue weighted by Gasteiger charge is -2.04. The van der Waals surface area contributed by atoms with E-state index < -0.39 is 5.97 Å². The second-order valence-corrected chi connectivity index (χ2v) is 3.08. The lowest BCUT2D eigenvalue weighted by molar-refractivity contribution is -0.131. The van der Waals surface area contributed by atoms with E-state index in [4.69, 9.17) is 10.8 Å². The Bertz CT molecular complexity index is 219. The number of hydrogen-bond acceptors (Lipinski definition) is 2. The molecule has 1 atom stereocenters. The number of carbonyl (C=O) groups is 1. The first-order valence-corrected chi connectivity index (χ1v) is 4.41. The highest BCUT2D eigenvalue weighted by molar-refractivity contribution is 5.80. The minimum atomic E-state index is -0.982. The summed E-state index contributed by atoms with van der Waals surface area (Å²) >= 11 is 0. The molecule has 3 nitrogen and oxygen atoms in total. The zero-order chi connectivity index (χ0) is 10.3. The number of carboxylic acids is 1. The number of allylic oxidation sites excluding steroid dienone is 3. The van der Waals surface area contributed by atoms with Gasteiger partial charge in [-0.15, -0.1) is 0 Å². The summed E-state index contributed by atoms with van der Waals surface area (Å²) in [5, 5.41) is 8.40. The van der Waals surface area contributed by atoms with Gasteiger partial charge in [0.15, 0.2) is 0 Å². The lowest BCUT2D eigenvalue weighted by Crippen LogP contribution is -2.05.